The maximum absolute atomic E-state index is 11.9. The van der Waals surface area contributed by atoms with Crippen molar-refractivity contribution >= 4 is 22.5 Å². The summed E-state index contributed by atoms with van der Waals surface area (Å²) in [5.41, 5.74) is 1.51. The molecular weight excluding hydrogens is 328 g/mol. The van der Waals surface area contributed by atoms with Crippen LogP contribution in [0.1, 0.15) is 32.3 Å². The van der Waals surface area contributed by atoms with Crippen molar-refractivity contribution in [2.45, 2.75) is 33.2 Å². The van der Waals surface area contributed by atoms with E-state index in [0.29, 0.717) is 24.6 Å². The first-order chi connectivity index (χ1) is 12.6. The molecule has 0 aliphatic rings. The number of oxime groups is 1. The summed E-state index contributed by atoms with van der Waals surface area (Å²) in [4.78, 5) is 21.0. The van der Waals surface area contributed by atoms with Crippen LogP contribution in [0, 0.1) is 5.92 Å². The van der Waals surface area contributed by atoms with Crippen molar-refractivity contribution in [2.24, 2.45) is 11.1 Å². The zero-order chi connectivity index (χ0) is 18.4. The lowest BCUT2D eigenvalue weighted by Crippen LogP contribution is -2.14. The molecule has 0 bridgehead atoms. The number of rotatable bonds is 7. The van der Waals surface area contributed by atoms with Crippen LogP contribution in [-0.4, -0.2) is 26.4 Å². The molecule has 0 amide bonds. The molecule has 134 valence electrons. The normalized spacial score (nSPS) is 11.9. The number of benzene rings is 2. The average Bonchev–Trinajstić information content (AvgIpc) is 3.16. The van der Waals surface area contributed by atoms with E-state index in [9.17, 15) is 4.79 Å². The van der Waals surface area contributed by atoms with E-state index in [4.69, 9.17) is 4.84 Å². The highest BCUT2D eigenvalue weighted by atomic mass is 16.7. The first kappa shape index (κ1) is 17.8. The van der Waals surface area contributed by atoms with Gasteiger partial charge in [0.2, 0.25) is 0 Å². The van der Waals surface area contributed by atoms with E-state index in [2.05, 4.69) is 35.2 Å². The quantitative estimate of drug-likeness (QED) is 0.369. The smallest absolute Gasteiger partial charge is 0.318 e. The maximum Gasteiger partial charge on any atom is 0.335 e. The third kappa shape index (κ3) is 4.75. The summed E-state index contributed by atoms with van der Waals surface area (Å²) < 4.78 is 1.65. The minimum absolute atomic E-state index is 0.324. The Morgan fingerprint density at radius 2 is 2.00 bits per heavy atom. The zero-order valence-electron chi connectivity index (χ0n) is 15.0. The predicted octanol–water partition coefficient (Wildman–Crippen LogP) is 3.82. The van der Waals surface area contributed by atoms with E-state index in [1.54, 1.807) is 11.0 Å². The number of aromatic nitrogens is 3. The van der Waals surface area contributed by atoms with Gasteiger partial charge in [-0.25, -0.2) is 14.5 Å². The molecule has 0 saturated heterocycles. The first-order valence-electron chi connectivity index (χ1n) is 8.70. The molecule has 1 heterocycles. The van der Waals surface area contributed by atoms with Crippen LogP contribution >= 0.6 is 0 Å². The van der Waals surface area contributed by atoms with Crippen LogP contribution in [0.25, 0.3) is 10.8 Å². The largest absolute Gasteiger partial charge is 0.335 e. The second kappa shape index (κ2) is 8.38. The van der Waals surface area contributed by atoms with Crippen LogP contribution < -0.4 is 0 Å². The zero-order valence-corrected chi connectivity index (χ0v) is 15.0. The van der Waals surface area contributed by atoms with Crippen molar-refractivity contribution in [1.29, 1.82) is 0 Å². The number of fused-ring (bicyclic) bond motifs is 1. The van der Waals surface area contributed by atoms with E-state index in [-0.39, 0.29) is 5.97 Å². The summed E-state index contributed by atoms with van der Waals surface area (Å²) in [6.45, 7) is 4.51. The Labute approximate surface area is 152 Å². The van der Waals surface area contributed by atoms with Crippen molar-refractivity contribution in [1.82, 2.24) is 14.8 Å². The Morgan fingerprint density at radius 1 is 1.19 bits per heavy atom. The van der Waals surface area contributed by atoms with Gasteiger partial charge in [0.1, 0.15) is 18.4 Å². The monoisotopic (exact) mass is 350 g/mol. The molecule has 1 aromatic heterocycles. The van der Waals surface area contributed by atoms with Gasteiger partial charge in [-0.3, -0.25) is 0 Å². The predicted molar refractivity (Wildman–Crippen MR) is 101 cm³/mol. The van der Waals surface area contributed by atoms with Crippen molar-refractivity contribution in [2.75, 3.05) is 0 Å². The molecule has 0 unspecified atom stereocenters. The molecule has 6 heteroatoms. The van der Waals surface area contributed by atoms with Gasteiger partial charge in [0, 0.05) is 12.0 Å². The molecule has 3 aromatic rings. The highest BCUT2D eigenvalue weighted by Gasteiger charge is 2.10. The fourth-order valence-electron chi connectivity index (χ4n) is 2.57. The summed E-state index contributed by atoms with van der Waals surface area (Å²) >= 11 is 0. The topological polar surface area (TPSA) is 69.4 Å². The average molecular weight is 350 g/mol. The lowest BCUT2D eigenvalue weighted by molar-refractivity contribution is -0.144. The van der Waals surface area contributed by atoms with Crippen molar-refractivity contribution in [3.05, 3.63) is 60.7 Å². The second-order valence-electron chi connectivity index (χ2n) is 6.59. The Morgan fingerprint density at radius 3 is 2.73 bits per heavy atom. The Bertz CT molecular complexity index is 901. The molecular formula is C20H22N4O2. The van der Waals surface area contributed by atoms with Gasteiger partial charge in [-0.2, -0.15) is 5.10 Å². The molecule has 0 radical (unpaired) electrons. The lowest BCUT2D eigenvalue weighted by atomic mass is 10.0. The van der Waals surface area contributed by atoms with Gasteiger partial charge in [-0.1, -0.05) is 55.4 Å². The molecule has 26 heavy (non-hydrogen) atoms. The number of hydrogen-bond acceptors (Lipinski definition) is 5. The summed E-state index contributed by atoms with van der Waals surface area (Å²) in [5.74, 6) is 0.122. The summed E-state index contributed by atoms with van der Waals surface area (Å²) in [6, 6.07) is 14.1. The van der Waals surface area contributed by atoms with Gasteiger partial charge in [-0.05, 0) is 29.2 Å². The van der Waals surface area contributed by atoms with E-state index in [0.717, 1.165) is 22.8 Å². The van der Waals surface area contributed by atoms with Gasteiger partial charge in [0.15, 0.2) is 0 Å². The summed E-state index contributed by atoms with van der Waals surface area (Å²) in [6.07, 6.45) is 4.21. The fraction of sp³-hybridized carbons (Fsp3) is 0.300. The summed E-state index contributed by atoms with van der Waals surface area (Å²) in [7, 11) is 0. The molecule has 3 rings (SSSR count). The molecule has 6 nitrogen and oxygen atoms in total. The third-order valence-corrected chi connectivity index (χ3v) is 4.04. The standard InChI is InChI=1S/C20H22N4O2/c1-15(2)7-10-20(25)26-23-19(12-24-14-21-13-22-24)18-9-8-16-5-3-4-6-17(16)11-18/h3-6,8-9,11,13-15H,7,10,12H2,1-2H3/b23-19+. The van der Waals surface area contributed by atoms with E-state index >= 15 is 0 Å². The Balaban J connectivity index is 1.84. The van der Waals surface area contributed by atoms with Gasteiger partial charge in [-0.15, -0.1) is 0 Å². The number of carbonyl (C=O) groups excluding carboxylic acids is 1. The Hall–Kier alpha value is -3.02. The number of hydrogen-bond donors (Lipinski definition) is 0. The first-order valence-corrected chi connectivity index (χ1v) is 8.70. The van der Waals surface area contributed by atoms with Gasteiger partial charge < -0.3 is 4.84 Å². The van der Waals surface area contributed by atoms with Crippen LogP contribution in [0.15, 0.2) is 60.3 Å². The van der Waals surface area contributed by atoms with Crippen molar-refractivity contribution < 1.29 is 9.63 Å². The molecule has 0 fully saturated rings. The van der Waals surface area contributed by atoms with E-state index in [1.165, 1.54) is 6.33 Å². The van der Waals surface area contributed by atoms with Crippen LogP contribution in [-0.2, 0) is 16.2 Å². The van der Waals surface area contributed by atoms with E-state index in [1.807, 2.05) is 36.4 Å². The van der Waals surface area contributed by atoms with Crippen LogP contribution in [0.5, 0.6) is 0 Å². The molecule has 0 atom stereocenters. The van der Waals surface area contributed by atoms with Gasteiger partial charge >= 0.3 is 5.97 Å². The van der Waals surface area contributed by atoms with Crippen molar-refractivity contribution in [3.63, 3.8) is 0 Å². The Kier molecular flexibility index (Phi) is 5.73. The summed E-state index contributed by atoms with van der Waals surface area (Å²) in [5, 5.41) is 10.5. The third-order valence-electron chi connectivity index (χ3n) is 4.04. The SMILES string of the molecule is CC(C)CCC(=O)O/N=C(\Cn1cncn1)c1ccc2ccccc2c1. The molecule has 0 N–H and O–H groups in total. The highest BCUT2D eigenvalue weighted by Crippen LogP contribution is 2.17. The minimum atomic E-state index is -0.324. The molecule has 0 saturated carbocycles. The van der Waals surface area contributed by atoms with E-state index < -0.39 is 0 Å². The maximum atomic E-state index is 11.9. The van der Waals surface area contributed by atoms with Gasteiger partial charge in [0.25, 0.3) is 0 Å². The lowest BCUT2D eigenvalue weighted by Gasteiger charge is -2.08. The molecule has 0 aliphatic heterocycles. The molecule has 0 aliphatic carbocycles. The highest BCUT2D eigenvalue weighted by molar-refractivity contribution is 6.03. The fourth-order valence-corrected chi connectivity index (χ4v) is 2.57. The molecule has 0 spiro atoms. The number of carbonyl (C=O) groups is 1. The second-order valence-corrected chi connectivity index (χ2v) is 6.59. The van der Waals surface area contributed by atoms with Gasteiger partial charge in [0.05, 0.1) is 6.54 Å². The van der Waals surface area contributed by atoms with Crippen LogP contribution in [0.2, 0.25) is 0 Å². The van der Waals surface area contributed by atoms with Crippen LogP contribution in [0.4, 0.5) is 0 Å². The minimum Gasteiger partial charge on any atom is -0.318 e. The molecule has 2 aromatic carbocycles. The number of nitrogens with zero attached hydrogens (tertiary/aromatic N) is 4. The van der Waals surface area contributed by atoms with Crippen molar-refractivity contribution in [3.8, 4) is 0 Å². The van der Waals surface area contributed by atoms with Crippen LogP contribution in [0.3, 0.4) is 0 Å².